The van der Waals surface area contributed by atoms with Crippen molar-refractivity contribution in [2.24, 2.45) is 7.05 Å². The van der Waals surface area contributed by atoms with Crippen molar-refractivity contribution in [3.05, 3.63) is 47.5 Å². The number of nitrogens with zero attached hydrogens (tertiary/aromatic N) is 4. The molecule has 2 aromatic heterocycles. The molecule has 0 spiro atoms. The van der Waals surface area contributed by atoms with Gasteiger partial charge in [0.05, 0.1) is 17.9 Å². The summed E-state index contributed by atoms with van der Waals surface area (Å²) in [7, 11) is 1.95. The van der Waals surface area contributed by atoms with Crippen LogP contribution >= 0.6 is 0 Å². The van der Waals surface area contributed by atoms with Crippen molar-refractivity contribution in [2.75, 3.05) is 6.54 Å². The first-order valence-electron chi connectivity index (χ1n) is 8.03. The summed E-state index contributed by atoms with van der Waals surface area (Å²) in [6.07, 6.45) is 6.17. The maximum absolute atomic E-state index is 11.1. The van der Waals surface area contributed by atoms with Gasteiger partial charge in [0, 0.05) is 39.0 Å². The Bertz CT molecular complexity index is 681. The molecule has 0 radical (unpaired) electrons. The van der Waals surface area contributed by atoms with Crippen LogP contribution in [0.3, 0.4) is 0 Å². The van der Waals surface area contributed by atoms with Gasteiger partial charge in [-0.3, -0.25) is 19.4 Å². The number of aryl methyl sites for hydroxylation is 1. The van der Waals surface area contributed by atoms with E-state index in [1.807, 2.05) is 24.1 Å². The van der Waals surface area contributed by atoms with Gasteiger partial charge in [-0.1, -0.05) is 0 Å². The molecule has 1 aliphatic heterocycles. The van der Waals surface area contributed by atoms with Crippen molar-refractivity contribution in [3.63, 3.8) is 0 Å². The van der Waals surface area contributed by atoms with Crippen molar-refractivity contribution in [3.8, 4) is 0 Å². The molecule has 0 saturated carbocycles. The van der Waals surface area contributed by atoms with E-state index in [-0.39, 0.29) is 5.91 Å². The molecule has 1 amide bonds. The van der Waals surface area contributed by atoms with Gasteiger partial charge in [0.1, 0.15) is 0 Å². The minimum absolute atomic E-state index is 0.0325. The first-order chi connectivity index (χ1) is 11.1. The largest absolute Gasteiger partial charge is 0.351 e. The predicted molar refractivity (Wildman–Crippen MR) is 87.4 cm³/mol. The van der Waals surface area contributed by atoms with Crippen LogP contribution in [0.5, 0.6) is 0 Å². The molecular formula is C17H23N5O. The van der Waals surface area contributed by atoms with Gasteiger partial charge >= 0.3 is 0 Å². The molecule has 1 unspecified atom stereocenters. The third kappa shape index (κ3) is 3.96. The van der Waals surface area contributed by atoms with Crippen LogP contribution in [0.2, 0.25) is 0 Å². The number of hydrogen-bond donors (Lipinski definition) is 1. The fraction of sp³-hybridized carbons (Fsp3) is 0.471. The number of aromatic nitrogens is 3. The van der Waals surface area contributed by atoms with Crippen LogP contribution in [0.25, 0.3) is 0 Å². The topological polar surface area (TPSA) is 63.1 Å². The van der Waals surface area contributed by atoms with Crippen LogP contribution in [-0.2, 0) is 24.9 Å². The lowest BCUT2D eigenvalue weighted by molar-refractivity contribution is -0.119. The lowest BCUT2D eigenvalue weighted by atomic mass is 10.0. The minimum atomic E-state index is -0.0325. The molecule has 2 aromatic rings. The van der Waals surface area contributed by atoms with Crippen molar-refractivity contribution in [1.82, 2.24) is 25.0 Å². The molecule has 0 aliphatic carbocycles. The molecule has 1 atom stereocenters. The van der Waals surface area contributed by atoms with E-state index in [4.69, 9.17) is 0 Å². The van der Waals surface area contributed by atoms with Gasteiger partial charge in [-0.2, -0.15) is 5.10 Å². The predicted octanol–water partition coefficient (Wildman–Crippen LogP) is 1.79. The summed E-state index contributed by atoms with van der Waals surface area (Å²) < 4.78 is 1.85. The quantitative estimate of drug-likeness (QED) is 0.914. The Kier molecular flexibility index (Phi) is 4.71. The van der Waals surface area contributed by atoms with Crippen molar-refractivity contribution >= 4 is 5.91 Å². The number of amides is 1. The highest BCUT2D eigenvalue weighted by Gasteiger charge is 2.26. The number of rotatable bonds is 5. The molecule has 0 aromatic carbocycles. The van der Waals surface area contributed by atoms with Crippen LogP contribution in [-0.4, -0.2) is 32.1 Å². The van der Waals surface area contributed by atoms with E-state index in [0.717, 1.165) is 30.9 Å². The molecule has 3 rings (SSSR count). The standard InChI is InChI=1S/C17H23N5O/c1-13(23)19-11-16-10-14(5-7-18-16)17-4-3-8-22(17)12-15-6-9-21(2)20-15/h5-7,9-10,17H,3-4,8,11-12H2,1-2H3,(H,19,23). The maximum atomic E-state index is 11.1. The number of hydrogen-bond acceptors (Lipinski definition) is 4. The Labute approximate surface area is 136 Å². The Morgan fingerprint density at radius 1 is 1.39 bits per heavy atom. The van der Waals surface area contributed by atoms with Crippen LogP contribution in [0.4, 0.5) is 0 Å². The summed E-state index contributed by atoms with van der Waals surface area (Å²) in [6.45, 7) is 3.96. The first kappa shape index (κ1) is 15.7. The zero-order valence-corrected chi connectivity index (χ0v) is 13.7. The van der Waals surface area contributed by atoms with E-state index in [9.17, 15) is 4.79 Å². The Morgan fingerprint density at radius 2 is 2.26 bits per heavy atom. The van der Waals surface area contributed by atoms with Gasteiger partial charge in [0.2, 0.25) is 5.91 Å². The molecule has 3 heterocycles. The molecule has 1 aliphatic rings. The van der Waals surface area contributed by atoms with Crippen molar-refractivity contribution < 1.29 is 4.79 Å². The second-order valence-corrected chi connectivity index (χ2v) is 6.10. The number of nitrogens with one attached hydrogen (secondary N) is 1. The van der Waals surface area contributed by atoms with Gasteiger partial charge < -0.3 is 5.32 Å². The van der Waals surface area contributed by atoms with Crippen molar-refractivity contribution in [1.29, 1.82) is 0 Å². The second-order valence-electron chi connectivity index (χ2n) is 6.10. The number of carbonyl (C=O) groups is 1. The van der Waals surface area contributed by atoms with E-state index >= 15 is 0 Å². The Hall–Kier alpha value is -2.21. The maximum Gasteiger partial charge on any atom is 0.217 e. The monoisotopic (exact) mass is 313 g/mol. The lowest BCUT2D eigenvalue weighted by Gasteiger charge is -2.24. The molecular weight excluding hydrogens is 290 g/mol. The summed E-state index contributed by atoms with van der Waals surface area (Å²) in [5.74, 6) is -0.0325. The summed E-state index contributed by atoms with van der Waals surface area (Å²) in [5, 5.41) is 7.29. The normalized spacial score (nSPS) is 18.3. The number of carbonyl (C=O) groups excluding carboxylic acids is 1. The third-order valence-electron chi connectivity index (χ3n) is 4.24. The van der Waals surface area contributed by atoms with E-state index in [0.29, 0.717) is 12.6 Å². The molecule has 0 bridgehead atoms. The fourth-order valence-corrected chi connectivity index (χ4v) is 3.16. The Balaban J connectivity index is 1.71. The molecule has 122 valence electrons. The zero-order valence-electron chi connectivity index (χ0n) is 13.7. The van der Waals surface area contributed by atoms with Crippen LogP contribution in [0.15, 0.2) is 30.6 Å². The van der Waals surface area contributed by atoms with E-state index in [2.05, 4.69) is 38.5 Å². The van der Waals surface area contributed by atoms with Gasteiger partial charge in [-0.25, -0.2) is 0 Å². The lowest BCUT2D eigenvalue weighted by Crippen LogP contribution is -2.24. The van der Waals surface area contributed by atoms with Gasteiger partial charge in [-0.15, -0.1) is 0 Å². The Morgan fingerprint density at radius 3 is 3.00 bits per heavy atom. The SMILES string of the molecule is CC(=O)NCc1cc(C2CCCN2Cc2ccn(C)n2)ccn1. The van der Waals surface area contributed by atoms with Crippen LogP contribution in [0, 0.1) is 0 Å². The van der Waals surface area contributed by atoms with Crippen LogP contribution < -0.4 is 5.32 Å². The van der Waals surface area contributed by atoms with E-state index in [1.54, 1.807) is 0 Å². The smallest absolute Gasteiger partial charge is 0.217 e. The van der Waals surface area contributed by atoms with Gasteiger partial charge in [0.15, 0.2) is 0 Å². The summed E-state index contributed by atoms with van der Waals surface area (Å²) in [4.78, 5) is 17.9. The molecule has 6 nitrogen and oxygen atoms in total. The molecule has 1 N–H and O–H groups in total. The second kappa shape index (κ2) is 6.91. The first-order valence-corrected chi connectivity index (χ1v) is 8.03. The molecule has 1 saturated heterocycles. The zero-order chi connectivity index (χ0) is 16.2. The van der Waals surface area contributed by atoms with Crippen LogP contribution in [0.1, 0.15) is 42.8 Å². The third-order valence-corrected chi connectivity index (χ3v) is 4.24. The molecule has 1 fully saturated rings. The minimum Gasteiger partial charge on any atom is -0.351 e. The van der Waals surface area contributed by atoms with E-state index < -0.39 is 0 Å². The average Bonchev–Trinajstić information content (AvgIpc) is 3.15. The van der Waals surface area contributed by atoms with E-state index in [1.165, 1.54) is 18.9 Å². The molecule has 23 heavy (non-hydrogen) atoms. The summed E-state index contributed by atoms with van der Waals surface area (Å²) >= 11 is 0. The summed E-state index contributed by atoms with van der Waals surface area (Å²) in [6, 6.07) is 6.66. The number of pyridine rings is 1. The highest BCUT2D eigenvalue weighted by atomic mass is 16.1. The highest BCUT2D eigenvalue weighted by Crippen LogP contribution is 2.32. The highest BCUT2D eigenvalue weighted by molar-refractivity contribution is 5.72. The van der Waals surface area contributed by atoms with Gasteiger partial charge in [0.25, 0.3) is 0 Å². The molecule has 6 heteroatoms. The fourth-order valence-electron chi connectivity index (χ4n) is 3.16. The van der Waals surface area contributed by atoms with Gasteiger partial charge in [-0.05, 0) is 43.1 Å². The number of likely N-dealkylation sites (tertiary alicyclic amines) is 1. The average molecular weight is 313 g/mol. The van der Waals surface area contributed by atoms with Crippen molar-refractivity contribution in [2.45, 2.75) is 38.9 Å². The summed E-state index contributed by atoms with van der Waals surface area (Å²) in [5.41, 5.74) is 3.28.